The summed E-state index contributed by atoms with van der Waals surface area (Å²) in [4.78, 5) is 10.3. The molecule has 1 aromatic rings. The van der Waals surface area contributed by atoms with Gasteiger partial charge in [-0.15, -0.1) is 0 Å². The summed E-state index contributed by atoms with van der Waals surface area (Å²) >= 11 is 5.91. The predicted molar refractivity (Wildman–Crippen MR) is 61.7 cm³/mol. The van der Waals surface area contributed by atoms with E-state index in [-0.39, 0.29) is 6.42 Å². The Labute approximate surface area is 98.2 Å². The van der Waals surface area contributed by atoms with Crippen molar-refractivity contribution in [2.45, 2.75) is 19.5 Å². The Balaban J connectivity index is 2.64. The van der Waals surface area contributed by atoms with Crippen LogP contribution in [0.25, 0.3) is 0 Å². The molecular formula is C11H13ClFNO2. The van der Waals surface area contributed by atoms with Crippen molar-refractivity contribution in [1.29, 1.82) is 0 Å². The van der Waals surface area contributed by atoms with Crippen molar-refractivity contribution in [3.05, 3.63) is 28.8 Å². The number of hydrogen-bond acceptors (Lipinski definition) is 2. The van der Waals surface area contributed by atoms with E-state index in [4.69, 9.17) is 16.7 Å². The van der Waals surface area contributed by atoms with Gasteiger partial charge in [0.2, 0.25) is 0 Å². The molecule has 16 heavy (non-hydrogen) atoms. The quantitative estimate of drug-likeness (QED) is 0.837. The Kier molecular flexibility index (Phi) is 4.55. The molecule has 0 aromatic heterocycles. The number of aliphatic carboxylic acids is 1. The second-order valence-electron chi connectivity index (χ2n) is 3.43. The number of rotatable bonds is 5. The van der Waals surface area contributed by atoms with Crippen LogP contribution in [0.1, 0.15) is 25.1 Å². The van der Waals surface area contributed by atoms with E-state index in [1.807, 2.05) is 0 Å². The maximum atomic E-state index is 12.9. The van der Waals surface area contributed by atoms with Crippen LogP contribution < -0.4 is 5.32 Å². The molecule has 0 bridgehead atoms. The Morgan fingerprint density at radius 1 is 1.62 bits per heavy atom. The molecule has 0 aliphatic rings. The van der Waals surface area contributed by atoms with Crippen LogP contribution in [-0.4, -0.2) is 17.6 Å². The molecule has 0 aliphatic carbocycles. The van der Waals surface area contributed by atoms with Gasteiger partial charge in [-0.25, -0.2) is 4.39 Å². The maximum absolute atomic E-state index is 12.9. The van der Waals surface area contributed by atoms with Crippen molar-refractivity contribution in [3.63, 3.8) is 0 Å². The third kappa shape index (κ3) is 3.70. The molecule has 0 saturated carbocycles. The van der Waals surface area contributed by atoms with Crippen molar-refractivity contribution in [3.8, 4) is 0 Å². The number of carboxylic acids is 1. The number of carbonyl (C=O) groups is 1. The number of anilines is 1. The molecule has 1 unspecified atom stereocenters. The minimum atomic E-state index is -1.06. The number of halogens is 2. The van der Waals surface area contributed by atoms with E-state index < -0.39 is 12.1 Å². The lowest BCUT2D eigenvalue weighted by Gasteiger charge is -2.09. The van der Waals surface area contributed by atoms with Crippen molar-refractivity contribution in [1.82, 2.24) is 0 Å². The lowest BCUT2D eigenvalue weighted by molar-refractivity contribution is -0.136. The SMILES string of the molecule is CC(F)c1ccc(NCCC(=O)O)c(Cl)c1. The number of benzene rings is 1. The summed E-state index contributed by atoms with van der Waals surface area (Å²) in [6.45, 7) is 1.72. The maximum Gasteiger partial charge on any atom is 0.305 e. The molecule has 0 saturated heterocycles. The van der Waals surface area contributed by atoms with Crippen LogP contribution in [0.3, 0.4) is 0 Å². The van der Waals surface area contributed by atoms with Crippen molar-refractivity contribution in [2.24, 2.45) is 0 Å². The third-order valence-electron chi connectivity index (χ3n) is 2.11. The largest absolute Gasteiger partial charge is 0.481 e. The first-order valence-corrected chi connectivity index (χ1v) is 5.27. The molecule has 0 spiro atoms. The Hall–Kier alpha value is -1.29. The zero-order valence-electron chi connectivity index (χ0n) is 8.84. The average molecular weight is 246 g/mol. The van der Waals surface area contributed by atoms with Gasteiger partial charge in [0.05, 0.1) is 17.1 Å². The van der Waals surface area contributed by atoms with Gasteiger partial charge in [0.25, 0.3) is 0 Å². The second-order valence-corrected chi connectivity index (χ2v) is 3.83. The molecule has 0 amide bonds. The highest BCUT2D eigenvalue weighted by Crippen LogP contribution is 2.27. The van der Waals surface area contributed by atoms with E-state index in [1.54, 1.807) is 12.1 Å². The van der Waals surface area contributed by atoms with Crippen LogP contribution in [0.5, 0.6) is 0 Å². The van der Waals surface area contributed by atoms with Gasteiger partial charge in [-0.2, -0.15) is 0 Å². The van der Waals surface area contributed by atoms with Crippen LogP contribution in [0.4, 0.5) is 10.1 Å². The third-order valence-corrected chi connectivity index (χ3v) is 2.42. The molecule has 5 heteroatoms. The van der Waals surface area contributed by atoms with E-state index in [2.05, 4.69) is 5.32 Å². The first-order chi connectivity index (χ1) is 7.50. The number of nitrogens with one attached hydrogen (secondary N) is 1. The average Bonchev–Trinajstić information content (AvgIpc) is 2.19. The molecule has 1 atom stereocenters. The highest BCUT2D eigenvalue weighted by Gasteiger charge is 2.06. The van der Waals surface area contributed by atoms with Gasteiger partial charge in [0, 0.05) is 6.54 Å². The van der Waals surface area contributed by atoms with Crippen molar-refractivity contribution < 1.29 is 14.3 Å². The first-order valence-electron chi connectivity index (χ1n) is 4.90. The number of hydrogen-bond donors (Lipinski definition) is 2. The number of alkyl halides is 1. The minimum absolute atomic E-state index is 0.0115. The molecule has 0 fully saturated rings. The zero-order valence-corrected chi connectivity index (χ0v) is 9.59. The molecule has 88 valence electrons. The van der Waals surface area contributed by atoms with E-state index in [0.717, 1.165) is 0 Å². The van der Waals surface area contributed by atoms with Gasteiger partial charge in [-0.1, -0.05) is 17.7 Å². The molecule has 2 N–H and O–H groups in total. The normalized spacial score (nSPS) is 12.2. The van der Waals surface area contributed by atoms with E-state index in [9.17, 15) is 9.18 Å². The molecule has 0 heterocycles. The van der Waals surface area contributed by atoms with E-state index in [0.29, 0.717) is 22.8 Å². The second kappa shape index (κ2) is 5.70. The predicted octanol–water partition coefficient (Wildman–Crippen LogP) is 3.26. The first kappa shape index (κ1) is 12.8. The van der Waals surface area contributed by atoms with Crippen LogP contribution >= 0.6 is 11.6 Å². The van der Waals surface area contributed by atoms with Crippen LogP contribution in [-0.2, 0) is 4.79 Å². The molecule has 1 aromatic carbocycles. The molecule has 3 nitrogen and oxygen atoms in total. The molecular weight excluding hydrogens is 233 g/mol. The Morgan fingerprint density at radius 2 is 2.31 bits per heavy atom. The fraction of sp³-hybridized carbons (Fsp3) is 0.364. The van der Waals surface area contributed by atoms with Crippen LogP contribution in [0.15, 0.2) is 18.2 Å². The Bertz CT molecular complexity index is 382. The number of carboxylic acid groups (broad SMARTS) is 1. The summed E-state index contributed by atoms with van der Waals surface area (Å²) in [5, 5.41) is 11.7. The monoisotopic (exact) mass is 245 g/mol. The van der Waals surface area contributed by atoms with Gasteiger partial charge in [0.1, 0.15) is 6.17 Å². The molecule has 0 radical (unpaired) electrons. The minimum Gasteiger partial charge on any atom is -0.481 e. The smallest absolute Gasteiger partial charge is 0.305 e. The standard InChI is InChI=1S/C11H13ClFNO2/c1-7(13)8-2-3-10(9(12)6-8)14-5-4-11(15)16/h2-3,6-7,14H,4-5H2,1H3,(H,15,16). The highest BCUT2D eigenvalue weighted by molar-refractivity contribution is 6.33. The van der Waals surface area contributed by atoms with Gasteiger partial charge in [-0.05, 0) is 24.6 Å². The lowest BCUT2D eigenvalue weighted by atomic mass is 10.1. The summed E-state index contributed by atoms with van der Waals surface area (Å²) in [6, 6.07) is 4.81. The van der Waals surface area contributed by atoms with Gasteiger partial charge < -0.3 is 10.4 Å². The summed E-state index contributed by atoms with van der Waals surface area (Å²) in [5.41, 5.74) is 1.13. The van der Waals surface area contributed by atoms with Crippen molar-refractivity contribution >= 4 is 23.3 Å². The zero-order chi connectivity index (χ0) is 12.1. The van der Waals surface area contributed by atoms with E-state index >= 15 is 0 Å². The van der Waals surface area contributed by atoms with Crippen molar-refractivity contribution in [2.75, 3.05) is 11.9 Å². The summed E-state index contributed by atoms with van der Waals surface area (Å²) in [7, 11) is 0. The van der Waals surface area contributed by atoms with Crippen LogP contribution in [0, 0.1) is 0 Å². The topological polar surface area (TPSA) is 49.3 Å². The van der Waals surface area contributed by atoms with Gasteiger partial charge in [-0.3, -0.25) is 4.79 Å². The molecule has 0 aliphatic heterocycles. The highest BCUT2D eigenvalue weighted by atomic mass is 35.5. The Morgan fingerprint density at radius 3 is 2.81 bits per heavy atom. The fourth-order valence-corrected chi connectivity index (χ4v) is 1.48. The van der Waals surface area contributed by atoms with Crippen LogP contribution in [0.2, 0.25) is 5.02 Å². The molecule has 1 rings (SSSR count). The summed E-state index contributed by atoms with van der Waals surface area (Å²) < 4.78 is 12.9. The summed E-state index contributed by atoms with van der Waals surface area (Å²) in [5.74, 6) is -0.877. The van der Waals surface area contributed by atoms with Gasteiger partial charge >= 0.3 is 5.97 Å². The fourth-order valence-electron chi connectivity index (χ4n) is 1.23. The summed E-state index contributed by atoms with van der Waals surface area (Å²) in [6.07, 6.45) is -1.05. The lowest BCUT2D eigenvalue weighted by Crippen LogP contribution is -2.07. The van der Waals surface area contributed by atoms with Gasteiger partial charge in [0.15, 0.2) is 0 Å². The van der Waals surface area contributed by atoms with E-state index in [1.165, 1.54) is 13.0 Å².